The van der Waals surface area contributed by atoms with Crippen LogP contribution in [0.2, 0.25) is 0 Å². The van der Waals surface area contributed by atoms with Crippen molar-refractivity contribution in [3.05, 3.63) is 77.9 Å². The third-order valence-corrected chi connectivity index (χ3v) is 2.81. The van der Waals surface area contributed by atoms with E-state index in [0.29, 0.717) is 5.84 Å². The molecule has 104 valence electrons. The summed E-state index contributed by atoms with van der Waals surface area (Å²) < 4.78 is 0. The Balaban J connectivity index is 0.00000200. The van der Waals surface area contributed by atoms with Crippen LogP contribution in [0.25, 0.3) is 6.08 Å². The molecule has 0 amide bonds. The van der Waals surface area contributed by atoms with Crippen molar-refractivity contribution in [1.82, 2.24) is 5.32 Å². The molecule has 0 fully saturated rings. The van der Waals surface area contributed by atoms with Crippen molar-refractivity contribution in [2.45, 2.75) is 6.42 Å². The van der Waals surface area contributed by atoms with Gasteiger partial charge in [-0.15, -0.1) is 12.4 Å². The molecule has 3 heteroatoms. The number of hydrogen-bond acceptors (Lipinski definition) is 1. The number of nitrogens with one attached hydrogen (secondary N) is 2. The van der Waals surface area contributed by atoms with Crippen LogP contribution in [0.15, 0.2) is 66.7 Å². The second-order valence-electron chi connectivity index (χ2n) is 4.32. The van der Waals surface area contributed by atoms with Gasteiger partial charge in [0.1, 0.15) is 5.84 Å². The molecule has 0 aliphatic carbocycles. The van der Waals surface area contributed by atoms with Crippen LogP contribution in [0.5, 0.6) is 0 Å². The molecule has 0 bridgehead atoms. The molecule has 0 aliphatic rings. The molecule has 2 aromatic rings. The molecule has 0 heterocycles. The number of hydrogen-bond donors (Lipinski definition) is 2. The minimum absolute atomic E-state index is 0. The molecular formula is C17H19ClN2. The van der Waals surface area contributed by atoms with E-state index in [9.17, 15) is 0 Å². The Bertz CT molecular complexity index is 535. The molecule has 0 atom stereocenters. The molecule has 2 N–H and O–H groups in total. The molecule has 0 aliphatic heterocycles. The van der Waals surface area contributed by atoms with Crippen LogP contribution < -0.4 is 5.32 Å². The van der Waals surface area contributed by atoms with Gasteiger partial charge in [0.2, 0.25) is 0 Å². The lowest BCUT2D eigenvalue weighted by Gasteiger charge is -2.04. The zero-order valence-electron chi connectivity index (χ0n) is 11.3. The number of benzene rings is 2. The third kappa shape index (κ3) is 5.72. The van der Waals surface area contributed by atoms with E-state index in [1.54, 1.807) is 6.08 Å². The zero-order valence-corrected chi connectivity index (χ0v) is 12.1. The lowest BCUT2D eigenvalue weighted by atomic mass is 10.1. The van der Waals surface area contributed by atoms with E-state index in [2.05, 4.69) is 17.4 Å². The lowest BCUT2D eigenvalue weighted by molar-refractivity contribution is 0.864. The van der Waals surface area contributed by atoms with Crippen molar-refractivity contribution in [2.24, 2.45) is 0 Å². The maximum atomic E-state index is 7.81. The first kappa shape index (κ1) is 16.0. The van der Waals surface area contributed by atoms with E-state index < -0.39 is 0 Å². The first-order valence-corrected chi connectivity index (χ1v) is 6.44. The van der Waals surface area contributed by atoms with E-state index >= 15 is 0 Å². The van der Waals surface area contributed by atoms with Crippen molar-refractivity contribution < 1.29 is 0 Å². The van der Waals surface area contributed by atoms with Crippen LogP contribution in [0.3, 0.4) is 0 Å². The van der Waals surface area contributed by atoms with Gasteiger partial charge in [0.15, 0.2) is 0 Å². The van der Waals surface area contributed by atoms with Gasteiger partial charge in [-0.1, -0.05) is 66.7 Å². The Kier molecular flexibility index (Phi) is 7.15. The topological polar surface area (TPSA) is 35.9 Å². The summed E-state index contributed by atoms with van der Waals surface area (Å²) in [6.07, 6.45) is 4.67. The molecule has 2 rings (SSSR count). The maximum absolute atomic E-state index is 7.81. The Morgan fingerprint density at radius 3 is 2.20 bits per heavy atom. The highest BCUT2D eigenvalue weighted by Crippen LogP contribution is 2.01. The highest BCUT2D eigenvalue weighted by atomic mass is 35.5. The van der Waals surface area contributed by atoms with E-state index in [1.165, 1.54) is 5.56 Å². The summed E-state index contributed by atoms with van der Waals surface area (Å²) in [5.41, 5.74) is 2.40. The smallest absolute Gasteiger partial charge is 0.117 e. The van der Waals surface area contributed by atoms with Gasteiger partial charge in [0, 0.05) is 6.54 Å². The molecule has 20 heavy (non-hydrogen) atoms. The number of rotatable bonds is 5. The lowest BCUT2D eigenvalue weighted by Crippen LogP contribution is -2.22. The molecule has 2 aromatic carbocycles. The Morgan fingerprint density at radius 2 is 1.55 bits per heavy atom. The third-order valence-electron chi connectivity index (χ3n) is 2.81. The van der Waals surface area contributed by atoms with Gasteiger partial charge in [-0.3, -0.25) is 5.41 Å². The van der Waals surface area contributed by atoms with Gasteiger partial charge in [-0.2, -0.15) is 0 Å². The second kappa shape index (κ2) is 8.94. The largest absolute Gasteiger partial charge is 0.370 e. The Labute approximate surface area is 126 Å². The summed E-state index contributed by atoms with van der Waals surface area (Å²) in [5, 5.41) is 10.9. The standard InChI is InChI=1S/C17H18N2.ClH/c18-17(12-11-15-7-3-1-4-8-15)19-14-13-16-9-5-2-6-10-16;/h1-12H,13-14H2,(H2,18,19);1H/b12-11+;. The van der Waals surface area contributed by atoms with Crippen molar-refractivity contribution >= 4 is 24.3 Å². The first-order valence-electron chi connectivity index (χ1n) is 6.44. The van der Waals surface area contributed by atoms with Gasteiger partial charge in [-0.25, -0.2) is 0 Å². The number of halogens is 1. The van der Waals surface area contributed by atoms with Crippen LogP contribution >= 0.6 is 12.4 Å². The van der Waals surface area contributed by atoms with E-state index in [-0.39, 0.29) is 12.4 Å². The second-order valence-corrected chi connectivity index (χ2v) is 4.32. The van der Waals surface area contributed by atoms with Crippen LogP contribution in [0.1, 0.15) is 11.1 Å². The maximum Gasteiger partial charge on any atom is 0.117 e. The molecule has 0 unspecified atom stereocenters. The first-order chi connectivity index (χ1) is 9.34. The van der Waals surface area contributed by atoms with Crippen molar-refractivity contribution in [2.75, 3.05) is 6.54 Å². The summed E-state index contributed by atoms with van der Waals surface area (Å²) in [7, 11) is 0. The molecule has 0 spiro atoms. The Morgan fingerprint density at radius 1 is 0.950 bits per heavy atom. The van der Waals surface area contributed by atoms with E-state index in [0.717, 1.165) is 18.5 Å². The fourth-order valence-corrected chi connectivity index (χ4v) is 1.79. The molecule has 0 radical (unpaired) electrons. The molecular weight excluding hydrogens is 268 g/mol. The monoisotopic (exact) mass is 286 g/mol. The van der Waals surface area contributed by atoms with Gasteiger partial charge in [0.05, 0.1) is 0 Å². The number of amidine groups is 1. The van der Waals surface area contributed by atoms with Gasteiger partial charge in [0.25, 0.3) is 0 Å². The summed E-state index contributed by atoms with van der Waals surface area (Å²) in [6.45, 7) is 0.780. The summed E-state index contributed by atoms with van der Waals surface area (Å²) >= 11 is 0. The van der Waals surface area contributed by atoms with Gasteiger partial charge >= 0.3 is 0 Å². The predicted octanol–water partition coefficient (Wildman–Crippen LogP) is 3.93. The minimum atomic E-state index is 0. The van der Waals surface area contributed by atoms with Crippen molar-refractivity contribution in [3.8, 4) is 0 Å². The van der Waals surface area contributed by atoms with Crippen LogP contribution in [-0.4, -0.2) is 12.4 Å². The van der Waals surface area contributed by atoms with Crippen LogP contribution in [-0.2, 0) is 6.42 Å². The normalized spacial score (nSPS) is 10.0. The predicted molar refractivity (Wildman–Crippen MR) is 88.6 cm³/mol. The fourth-order valence-electron chi connectivity index (χ4n) is 1.79. The highest BCUT2D eigenvalue weighted by molar-refractivity contribution is 5.93. The molecule has 0 saturated heterocycles. The molecule has 2 nitrogen and oxygen atoms in total. The quantitative estimate of drug-likeness (QED) is 0.634. The Hall–Kier alpha value is -2.06. The molecule has 0 saturated carbocycles. The van der Waals surface area contributed by atoms with Crippen LogP contribution in [0, 0.1) is 5.41 Å². The summed E-state index contributed by atoms with van der Waals surface area (Å²) in [4.78, 5) is 0. The zero-order chi connectivity index (χ0) is 13.3. The fraction of sp³-hybridized carbons (Fsp3) is 0.118. The van der Waals surface area contributed by atoms with Crippen molar-refractivity contribution in [3.63, 3.8) is 0 Å². The molecule has 0 aromatic heterocycles. The SMILES string of the molecule is Cl.N=C(/C=C/c1ccccc1)NCCc1ccccc1. The van der Waals surface area contributed by atoms with Crippen LogP contribution in [0.4, 0.5) is 0 Å². The van der Waals surface area contributed by atoms with Crippen molar-refractivity contribution in [1.29, 1.82) is 5.41 Å². The minimum Gasteiger partial charge on any atom is -0.370 e. The van der Waals surface area contributed by atoms with Gasteiger partial charge in [-0.05, 0) is 23.6 Å². The summed E-state index contributed by atoms with van der Waals surface area (Å²) in [5.74, 6) is 0.444. The van der Waals surface area contributed by atoms with E-state index in [4.69, 9.17) is 5.41 Å². The average Bonchev–Trinajstić information content (AvgIpc) is 2.47. The highest BCUT2D eigenvalue weighted by Gasteiger charge is 1.93. The van der Waals surface area contributed by atoms with E-state index in [1.807, 2.05) is 54.6 Å². The van der Waals surface area contributed by atoms with Gasteiger partial charge < -0.3 is 5.32 Å². The average molecular weight is 287 g/mol. The summed E-state index contributed by atoms with van der Waals surface area (Å²) in [6, 6.07) is 20.3.